The fourth-order valence-electron chi connectivity index (χ4n) is 4.67. The van der Waals surface area contributed by atoms with Crippen molar-refractivity contribution in [2.24, 2.45) is 7.05 Å². The summed E-state index contributed by atoms with van der Waals surface area (Å²) in [5.74, 6) is -0.479. The van der Waals surface area contributed by atoms with Gasteiger partial charge in [0.25, 0.3) is 11.1 Å². The molecular formula is C28H28FIN4O4. The van der Waals surface area contributed by atoms with Crippen molar-refractivity contribution in [1.29, 1.82) is 0 Å². The molecule has 10 heteroatoms. The first-order valence-corrected chi connectivity index (χ1v) is 12.9. The van der Waals surface area contributed by atoms with Crippen molar-refractivity contribution in [1.82, 2.24) is 13.7 Å². The smallest absolute Gasteiger partial charge is 0.336 e. The third kappa shape index (κ3) is 4.72. The van der Waals surface area contributed by atoms with Crippen LogP contribution in [0.2, 0.25) is 0 Å². The van der Waals surface area contributed by atoms with Crippen molar-refractivity contribution in [3.05, 3.63) is 94.2 Å². The van der Waals surface area contributed by atoms with Crippen molar-refractivity contribution in [2.75, 3.05) is 5.32 Å². The number of carbonyl (C=O) groups excluding carboxylic acids is 1. The van der Waals surface area contributed by atoms with E-state index in [-0.39, 0.29) is 53.6 Å². The van der Waals surface area contributed by atoms with Crippen LogP contribution in [0.3, 0.4) is 0 Å². The summed E-state index contributed by atoms with van der Waals surface area (Å²) in [6, 6.07) is 11.3. The van der Waals surface area contributed by atoms with Gasteiger partial charge in [-0.3, -0.25) is 28.1 Å². The molecule has 8 nitrogen and oxygen atoms in total. The standard InChI is InChI=1S/C27H24FIN4O4.CH4/c1-14(34)11-16-5-4-6-19(12-16)32-23-15(2)25(35)31(3)24(30-21-10-7-17(29)13-20(21)28)22(23)26(36)33(27(32)37)18-8-9-18;/h4-7,10,12-13,18,30H,8-9,11H2,1-3H3;1H4. The summed E-state index contributed by atoms with van der Waals surface area (Å²) < 4.78 is 19.4. The maximum atomic E-state index is 14.8. The van der Waals surface area contributed by atoms with E-state index in [4.69, 9.17) is 0 Å². The second-order valence-electron chi connectivity index (χ2n) is 9.38. The van der Waals surface area contributed by atoms with E-state index >= 15 is 0 Å². The van der Waals surface area contributed by atoms with E-state index in [1.165, 1.54) is 39.8 Å². The maximum absolute atomic E-state index is 14.8. The molecule has 0 radical (unpaired) electrons. The van der Waals surface area contributed by atoms with Crippen molar-refractivity contribution < 1.29 is 9.18 Å². The number of ketones is 1. The molecule has 2 aromatic heterocycles. The van der Waals surface area contributed by atoms with Crippen LogP contribution in [0.4, 0.5) is 15.9 Å². The molecule has 0 amide bonds. The van der Waals surface area contributed by atoms with Crippen LogP contribution in [-0.4, -0.2) is 19.5 Å². The Morgan fingerprint density at radius 2 is 1.82 bits per heavy atom. The lowest BCUT2D eigenvalue weighted by Crippen LogP contribution is -2.41. The molecule has 0 bridgehead atoms. The van der Waals surface area contributed by atoms with E-state index in [0.29, 0.717) is 27.7 Å². The lowest BCUT2D eigenvalue weighted by Gasteiger charge is -2.21. The number of nitrogens with zero attached hydrogens (tertiary/aromatic N) is 3. The van der Waals surface area contributed by atoms with Gasteiger partial charge in [-0.15, -0.1) is 0 Å². The minimum absolute atomic E-state index is 0. The summed E-state index contributed by atoms with van der Waals surface area (Å²) >= 11 is 2.00. The Balaban J connectivity index is 0.00000336. The number of hydrogen-bond donors (Lipinski definition) is 1. The first kappa shape index (κ1) is 27.5. The van der Waals surface area contributed by atoms with Gasteiger partial charge >= 0.3 is 5.69 Å². The second-order valence-corrected chi connectivity index (χ2v) is 10.6. The highest BCUT2D eigenvalue weighted by Gasteiger charge is 2.31. The summed E-state index contributed by atoms with van der Waals surface area (Å²) in [5.41, 5.74) is 0.0784. The molecule has 2 heterocycles. The van der Waals surface area contributed by atoms with Crippen LogP contribution in [0.1, 0.15) is 44.4 Å². The van der Waals surface area contributed by atoms with E-state index in [1.807, 2.05) is 22.6 Å². The van der Waals surface area contributed by atoms with Gasteiger partial charge in [0.1, 0.15) is 22.8 Å². The Morgan fingerprint density at radius 1 is 1.11 bits per heavy atom. The SMILES string of the molecule is C.CC(=O)Cc1cccc(-n2c(=O)n(C3CC3)c(=O)c3c(Nc4ccc(I)cc4F)n(C)c(=O)c(C)c32)c1. The fraction of sp³-hybridized carbons (Fsp3) is 0.286. The number of pyridine rings is 1. The maximum Gasteiger partial charge on any atom is 0.336 e. The predicted molar refractivity (Wildman–Crippen MR) is 156 cm³/mol. The number of carbonyl (C=O) groups is 1. The summed E-state index contributed by atoms with van der Waals surface area (Å²) in [6.07, 6.45) is 1.55. The first-order valence-electron chi connectivity index (χ1n) is 11.8. The normalized spacial score (nSPS) is 12.9. The molecule has 0 atom stereocenters. The Labute approximate surface area is 231 Å². The number of rotatable bonds is 6. The number of hydrogen-bond acceptors (Lipinski definition) is 5. The van der Waals surface area contributed by atoms with Crippen LogP contribution in [0.15, 0.2) is 56.8 Å². The van der Waals surface area contributed by atoms with Crippen molar-refractivity contribution in [3.8, 4) is 5.69 Å². The first-order chi connectivity index (χ1) is 17.6. The Kier molecular flexibility index (Phi) is 7.46. The number of anilines is 2. The highest BCUT2D eigenvalue weighted by Crippen LogP contribution is 2.34. The topological polar surface area (TPSA) is 95.1 Å². The number of fused-ring (bicyclic) bond motifs is 1. The Morgan fingerprint density at radius 3 is 2.45 bits per heavy atom. The minimum Gasteiger partial charge on any atom is -0.338 e. The zero-order chi connectivity index (χ0) is 26.6. The lowest BCUT2D eigenvalue weighted by molar-refractivity contribution is -0.116. The van der Waals surface area contributed by atoms with Crippen molar-refractivity contribution >= 4 is 50.8 Å². The van der Waals surface area contributed by atoms with E-state index in [1.54, 1.807) is 37.3 Å². The largest absolute Gasteiger partial charge is 0.338 e. The highest BCUT2D eigenvalue weighted by molar-refractivity contribution is 14.1. The highest BCUT2D eigenvalue weighted by atomic mass is 127. The summed E-state index contributed by atoms with van der Waals surface area (Å²) in [5, 5.41) is 3.07. The number of aryl methyl sites for hydroxylation is 1. The van der Waals surface area contributed by atoms with Gasteiger partial charge in [0, 0.05) is 28.6 Å². The molecular weight excluding hydrogens is 602 g/mol. The zero-order valence-corrected chi connectivity index (χ0v) is 22.6. The fourth-order valence-corrected chi connectivity index (χ4v) is 5.12. The van der Waals surface area contributed by atoms with Gasteiger partial charge in [0.05, 0.1) is 16.9 Å². The summed E-state index contributed by atoms with van der Waals surface area (Å²) in [4.78, 5) is 52.7. The molecule has 0 unspecified atom stereocenters. The lowest BCUT2D eigenvalue weighted by atomic mass is 10.1. The molecule has 0 spiro atoms. The van der Waals surface area contributed by atoms with Crippen molar-refractivity contribution in [2.45, 2.75) is 46.6 Å². The molecule has 1 saturated carbocycles. The van der Waals surface area contributed by atoms with Gasteiger partial charge in [0.2, 0.25) is 0 Å². The Bertz CT molecular complexity index is 1780. The number of benzene rings is 2. The van der Waals surface area contributed by atoms with E-state index in [9.17, 15) is 23.6 Å². The molecule has 38 heavy (non-hydrogen) atoms. The van der Waals surface area contributed by atoms with Crippen LogP contribution in [0, 0.1) is 16.3 Å². The van der Waals surface area contributed by atoms with E-state index in [2.05, 4.69) is 5.32 Å². The zero-order valence-electron chi connectivity index (χ0n) is 20.5. The van der Waals surface area contributed by atoms with Crippen LogP contribution >= 0.6 is 22.6 Å². The predicted octanol–water partition coefficient (Wildman–Crippen LogP) is 4.75. The van der Waals surface area contributed by atoms with E-state index < -0.39 is 22.6 Å². The van der Waals surface area contributed by atoms with Gasteiger partial charge < -0.3 is 5.32 Å². The third-order valence-electron chi connectivity index (χ3n) is 6.56. The molecule has 1 fully saturated rings. The molecule has 4 aromatic rings. The molecule has 0 saturated heterocycles. The number of halogens is 2. The monoisotopic (exact) mass is 630 g/mol. The minimum atomic E-state index is -0.553. The molecule has 0 aliphatic heterocycles. The second kappa shape index (κ2) is 10.3. The molecule has 1 aliphatic rings. The molecule has 1 N–H and O–H groups in total. The van der Waals surface area contributed by atoms with Crippen LogP contribution in [-0.2, 0) is 18.3 Å². The van der Waals surface area contributed by atoms with Crippen LogP contribution in [0.25, 0.3) is 16.6 Å². The average Bonchev–Trinajstić information content (AvgIpc) is 3.67. The van der Waals surface area contributed by atoms with E-state index in [0.717, 1.165) is 0 Å². The van der Waals surface area contributed by atoms with Crippen LogP contribution in [0.5, 0.6) is 0 Å². The third-order valence-corrected chi connectivity index (χ3v) is 7.23. The van der Waals surface area contributed by atoms with Gasteiger partial charge in [-0.05, 0) is 85.2 Å². The van der Waals surface area contributed by atoms with Crippen LogP contribution < -0.4 is 22.1 Å². The number of nitrogens with one attached hydrogen (secondary N) is 1. The number of aromatic nitrogens is 3. The quantitative estimate of drug-likeness (QED) is 0.311. The summed E-state index contributed by atoms with van der Waals surface area (Å²) in [7, 11) is 1.51. The molecule has 1 aliphatic carbocycles. The van der Waals surface area contributed by atoms with Gasteiger partial charge in [0.15, 0.2) is 0 Å². The Hall–Kier alpha value is -3.54. The molecule has 2 aromatic carbocycles. The molecule has 5 rings (SSSR count). The van der Waals surface area contributed by atoms with Gasteiger partial charge in [-0.2, -0.15) is 0 Å². The molecule has 198 valence electrons. The summed E-state index contributed by atoms with van der Waals surface area (Å²) in [6.45, 7) is 3.05. The van der Waals surface area contributed by atoms with Gasteiger partial charge in [-0.1, -0.05) is 19.6 Å². The van der Waals surface area contributed by atoms with Crippen molar-refractivity contribution in [3.63, 3.8) is 0 Å². The van der Waals surface area contributed by atoms with Gasteiger partial charge in [-0.25, -0.2) is 9.18 Å². The number of Topliss-reactive ketones (excluding diaryl/α,β-unsaturated/α-hetero) is 1. The average molecular weight is 630 g/mol.